The lowest BCUT2D eigenvalue weighted by molar-refractivity contribution is -0.143. The first kappa shape index (κ1) is 13.8. The van der Waals surface area contributed by atoms with Crippen molar-refractivity contribution >= 4 is 5.91 Å². The van der Waals surface area contributed by atoms with E-state index >= 15 is 0 Å². The summed E-state index contributed by atoms with van der Waals surface area (Å²) in [5.41, 5.74) is 5.59. The highest BCUT2D eigenvalue weighted by Crippen LogP contribution is 2.30. The van der Waals surface area contributed by atoms with Gasteiger partial charge in [-0.3, -0.25) is 4.79 Å². The molecule has 1 amide bonds. The number of nitrogens with two attached hydrogens (primary N) is 1. The van der Waals surface area contributed by atoms with Gasteiger partial charge in [-0.15, -0.1) is 0 Å². The predicted molar refractivity (Wildman–Crippen MR) is 71.2 cm³/mol. The molecule has 2 unspecified atom stereocenters. The third kappa shape index (κ3) is 2.69. The number of carbonyl (C=O) groups is 1. The Bertz CT molecular complexity index is 300. The van der Waals surface area contributed by atoms with E-state index in [1.165, 1.54) is 19.3 Å². The van der Waals surface area contributed by atoms with Crippen LogP contribution in [0.25, 0.3) is 0 Å². The van der Waals surface area contributed by atoms with E-state index in [4.69, 9.17) is 10.5 Å². The SMILES string of the molecule is CC1CCCCC1N(C)C(=O)C1(N)CCOCC1. The van der Waals surface area contributed by atoms with Crippen LogP contribution in [0.2, 0.25) is 0 Å². The molecule has 2 aliphatic rings. The summed E-state index contributed by atoms with van der Waals surface area (Å²) in [6.07, 6.45) is 6.17. The van der Waals surface area contributed by atoms with E-state index in [9.17, 15) is 4.79 Å². The fourth-order valence-electron chi connectivity index (χ4n) is 3.32. The Kier molecular flexibility index (Phi) is 4.28. The molecule has 0 aromatic rings. The number of amides is 1. The van der Waals surface area contributed by atoms with Crippen LogP contribution in [0.3, 0.4) is 0 Å². The first-order valence-corrected chi connectivity index (χ1v) is 7.18. The summed E-state index contributed by atoms with van der Waals surface area (Å²) in [4.78, 5) is 14.5. The quantitative estimate of drug-likeness (QED) is 0.813. The van der Waals surface area contributed by atoms with Crippen LogP contribution >= 0.6 is 0 Å². The van der Waals surface area contributed by atoms with Crippen molar-refractivity contribution in [1.82, 2.24) is 4.90 Å². The molecule has 0 radical (unpaired) electrons. The number of nitrogens with zero attached hydrogens (tertiary/aromatic N) is 1. The molecule has 2 atom stereocenters. The van der Waals surface area contributed by atoms with Gasteiger partial charge in [0.2, 0.25) is 5.91 Å². The second-order valence-electron chi connectivity index (χ2n) is 6.01. The summed E-state index contributed by atoms with van der Waals surface area (Å²) in [5, 5.41) is 0. The number of ether oxygens (including phenoxy) is 1. The van der Waals surface area contributed by atoms with Crippen LogP contribution in [0, 0.1) is 5.92 Å². The molecule has 18 heavy (non-hydrogen) atoms. The highest BCUT2D eigenvalue weighted by atomic mass is 16.5. The minimum atomic E-state index is -0.690. The Morgan fingerprint density at radius 1 is 1.28 bits per heavy atom. The van der Waals surface area contributed by atoms with Gasteiger partial charge in [0.05, 0.1) is 5.54 Å². The smallest absolute Gasteiger partial charge is 0.242 e. The molecule has 1 aliphatic heterocycles. The fraction of sp³-hybridized carbons (Fsp3) is 0.929. The van der Waals surface area contributed by atoms with Crippen molar-refractivity contribution in [1.29, 1.82) is 0 Å². The van der Waals surface area contributed by atoms with Gasteiger partial charge < -0.3 is 15.4 Å². The standard InChI is InChI=1S/C14H26N2O2/c1-11-5-3-4-6-12(11)16(2)13(17)14(15)7-9-18-10-8-14/h11-12H,3-10,15H2,1-2H3. The molecule has 1 heterocycles. The molecular weight excluding hydrogens is 228 g/mol. The molecule has 2 fully saturated rings. The third-order valence-corrected chi connectivity index (χ3v) is 4.69. The van der Waals surface area contributed by atoms with E-state index in [1.807, 2.05) is 11.9 Å². The zero-order chi connectivity index (χ0) is 13.2. The lowest BCUT2D eigenvalue weighted by atomic mass is 9.83. The fourth-order valence-corrected chi connectivity index (χ4v) is 3.32. The van der Waals surface area contributed by atoms with Gasteiger partial charge in [0.25, 0.3) is 0 Å². The molecule has 0 aromatic heterocycles. The second kappa shape index (κ2) is 5.57. The molecule has 1 saturated carbocycles. The molecule has 0 aromatic carbocycles. The van der Waals surface area contributed by atoms with Gasteiger partial charge in [-0.1, -0.05) is 19.8 Å². The van der Waals surface area contributed by atoms with Crippen molar-refractivity contribution < 1.29 is 9.53 Å². The van der Waals surface area contributed by atoms with Crippen molar-refractivity contribution in [3.63, 3.8) is 0 Å². The molecule has 1 saturated heterocycles. The largest absolute Gasteiger partial charge is 0.381 e. The maximum absolute atomic E-state index is 12.6. The minimum Gasteiger partial charge on any atom is -0.381 e. The van der Waals surface area contributed by atoms with E-state index in [0.29, 0.717) is 38.0 Å². The summed E-state index contributed by atoms with van der Waals surface area (Å²) >= 11 is 0. The van der Waals surface area contributed by atoms with Crippen LogP contribution < -0.4 is 5.73 Å². The first-order valence-electron chi connectivity index (χ1n) is 7.18. The first-order chi connectivity index (χ1) is 8.54. The summed E-state index contributed by atoms with van der Waals surface area (Å²) in [5.74, 6) is 0.709. The van der Waals surface area contributed by atoms with Gasteiger partial charge >= 0.3 is 0 Å². The third-order valence-electron chi connectivity index (χ3n) is 4.69. The number of likely N-dealkylation sites (N-methyl/N-ethyl adjacent to an activating group) is 1. The monoisotopic (exact) mass is 254 g/mol. The van der Waals surface area contributed by atoms with Crippen LogP contribution in [0.5, 0.6) is 0 Å². The average Bonchev–Trinajstić information content (AvgIpc) is 2.38. The van der Waals surface area contributed by atoms with Crippen LogP contribution in [-0.4, -0.2) is 42.6 Å². The van der Waals surface area contributed by atoms with E-state index in [2.05, 4.69) is 6.92 Å². The van der Waals surface area contributed by atoms with Crippen LogP contribution in [0.1, 0.15) is 45.4 Å². The normalized spacial score (nSPS) is 31.9. The molecule has 2 N–H and O–H groups in total. The van der Waals surface area contributed by atoms with Crippen molar-refractivity contribution in [3.8, 4) is 0 Å². The Morgan fingerprint density at radius 2 is 1.89 bits per heavy atom. The molecule has 0 bridgehead atoms. The lowest BCUT2D eigenvalue weighted by Gasteiger charge is -2.42. The van der Waals surface area contributed by atoms with E-state index in [-0.39, 0.29) is 5.91 Å². The van der Waals surface area contributed by atoms with Crippen LogP contribution in [0.15, 0.2) is 0 Å². The molecule has 1 aliphatic carbocycles. The topological polar surface area (TPSA) is 55.6 Å². The van der Waals surface area contributed by atoms with Gasteiger partial charge in [-0.25, -0.2) is 0 Å². The molecule has 0 spiro atoms. The molecule has 4 nitrogen and oxygen atoms in total. The maximum Gasteiger partial charge on any atom is 0.242 e. The van der Waals surface area contributed by atoms with E-state index in [0.717, 1.165) is 6.42 Å². The van der Waals surface area contributed by atoms with Crippen molar-refractivity contribution in [2.45, 2.75) is 57.0 Å². The minimum absolute atomic E-state index is 0.115. The summed E-state index contributed by atoms with van der Waals surface area (Å²) in [6.45, 7) is 3.47. The number of rotatable bonds is 2. The summed E-state index contributed by atoms with van der Waals surface area (Å²) < 4.78 is 5.31. The summed E-state index contributed by atoms with van der Waals surface area (Å²) in [6, 6.07) is 0.370. The Hall–Kier alpha value is -0.610. The Labute approximate surface area is 110 Å². The van der Waals surface area contributed by atoms with E-state index < -0.39 is 5.54 Å². The average molecular weight is 254 g/mol. The highest BCUT2D eigenvalue weighted by Gasteiger charge is 2.40. The zero-order valence-electron chi connectivity index (χ0n) is 11.7. The Balaban J connectivity index is 2.02. The van der Waals surface area contributed by atoms with Gasteiger partial charge in [-0.2, -0.15) is 0 Å². The molecule has 104 valence electrons. The van der Waals surface area contributed by atoms with Crippen LogP contribution in [0.4, 0.5) is 0 Å². The lowest BCUT2D eigenvalue weighted by Crippen LogP contribution is -2.60. The molecular formula is C14H26N2O2. The van der Waals surface area contributed by atoms with Crippen molar-refractivity contribution in [2.75, 3.05) is 20.3 Å². The maximum atomic E-state index is 12.6. The van der Waals surface area contributed by atoms with E-state index in [1.54, 1.807) is 0 Å². The molecule has 4 heteroatoms. The number of hydrogen-bond donors (Lipinski definition) is 1. The van der Waals surface area contributed by atoms with Crippen molar-refractivity contribution in [2.24, 2.45) is 11.7 Å². The predicted octanol–water partition coefficient (Wildman–Crippen LogP) is 1.53. The second-order valence-corrected chi connectivity index (χ2v) is 6.01. The van der Waals surface area contributed by atoms with Gasteiger partial charge in [0, 0.05) is 26.3 Å². The Morgan fingerprint density at radius 3 is 2.50 bits per heavy atom. The number of carbonyl (C=O) groups excluding carboxylic acids is 1. The van der Waals surface area contributed by atoms with Crippen LogP contribution in [-0.2, 0) is 9.53 Å². The van der Waals surface area contributed by atoms with Gasteiger partial charge in [0.15, 0.2) is 0 Å². The molecule has 2 rings (SSSR count). The summed E-state index contributed by atoms with van der Waals surface area (Å²) in [7, 11) is 1.93. The zero-order valence-corrected chi connectivity index (χ0v) is 11.7. The van der Waals surface area contributed by atoms with Crippen molar-refractivity contribution in [3.05, 3.63) is 0 Å². The number of hydrogen-bond acceptors (Lipinski definition) is 3. The highest BCUT2D eigenvalue weighted by molar-refractivity contribution is 5.86. The van der Waals surface area contributed by atoms with Gasteiger partial charge in [0.1, 0.15) is 0 Å². The van der Waals surface area contributed by atoms with Gasteiger partial charge in [-0.05, 0) is 31.6 Å².